The molecular weight excluding hydrogens is 380 g/mol. The summed E-state index contributed by atoms with van der Waals surface area (Å²) >= 11 is 7.08. The van der Waals surface area contributed by atoms with Crippen molar-refractivity contribution in [1.82, 2.24) is 0 Å². The lowest BCUT2D eigenvalue weighted by molar-refractivity contribution is -0.385. The van der Waals surface area contributed by atoms with Crippen molar-refractivity contribution in [3.8, 4) is 0 Å². The maximum atomic E-state index is 12.5. The molecule has 2 aromatic rings. The molecular formula is C16H13BrN2O3S. The van der Waals surface area contributed by atoms with Gasteiger partial charge >= 0.3 is 0 Å². The van der Waals surface area contributed by atoms with Gasteiger partial charge in [-0.25, -0.2) is 5.41 Å². The number of benzene rings is 2. The lowest BCUT2D eigenvalue weighted by Crippen LogP contribution is -2.08. The Morgan fingerprint density at radius 3 is 2.39 bits per heavy atom. The van der Waals surface area contributed by atoms with Gasteiger partial charge in [-0.3, -0.25) is 14.9 Å². The minimum atomic E-state index is -0.505. The molecule has 0 radical (unpaired) electrons. The number of nitro groups is 1. The molecule has 0 atom stereocenters. The average molecular weight is 393 g/mol. The van der Waals surface area contributed by atoms with Gasteiger partial charge < -0.3 is 0 Å². The lowest BCUT2D eigenvalue weighted by atomic mass is 9.96. The van der Waals surface area contributed by atoms with Crippen LogP contribution in [0.2, 0.25) is 0 Å². The minimum Gasteiger partial charge on any atom is -0.288 e. The lowest BCUT2D eigenvalue weighted by Gasteiger charge is -2.08. The van der Waals surface area contributed by atoms with Gasteiger partial charge in [0.25, 0.3) is 5.69 Å². The first kappa shape index (κ1) is 18.8. The SMILES string of the molecule is Cc1cc(CBr)cc([N+](=O)[O-])c1C(=O)c1ccccc1.N=C=S. The highest BCUT2D eigenvalue weighted by atomic mass is 79.9. The van der Waals surface area contributed by atoms with Gasteiger partial charge in [0, 0.05) is 17.0 Å². The van der Waals surface area contributed by atoms with Crippen LogP contribution in [0.4, 0.5) is 5.69 Å². The van der Waals surface area contributed by atoms with Crippen molar-refractivity contribution in [3.63, 3.8) is 0 Å². The summed E-state index contributed by atoms with van der Waals surface area (Å²) in [5.41, 5.74) is 1.85. The number of nitro benzene ring substituents is 1. The molecule has 0 aromatic heterocycles. The number of hydrogen-bond acceptors (Lipinski definition) is 5. The van der Waals surface area contributed by atoms with Gasteiger partial charge in [0.15, 0.2) is 5.78 Å². The van der Waals surface area contributed by atoms with Crippen LogP contribution in [0, 0.1) is 22.4 Å². The zero-order valence-corrected chi connectivity index (χ0v) is 14.6. The Morgan fingerprint density at radius 1 is 1.35 bits per heavy atom. The predicted octanol–water partition coefficient (Wildman–Crippen LogP) is 4.70. The first-order valence-electron chi connectivity index (χ1n) is 6.43. The summed E-state index contributed by atoms with van der Waals surface area (Å²) in [6, 6.07) is 11.8. The van der Waals surface area contributed by atoms with Crippen LogP contribution in [0.15, 0.2) is 42.5 Å². The summed E-state index contributed by atoms with van der Waals surface area (Å²) in [7, 11) is 0. The van der Waals surface area contributed by atoms with E-state index in [1.165, 1.54) is 6.07 Å². The Labute approximate surface area is 147 Å². The number of ketones is 1. The molecule has 0 amide bonds. The van der Waals surface area contributed by atoms with Crippen LogP contribution in [-0.2, 0) is 5.33 Å². The van der Waals surface area contributed by atoms with E-state index in [1.54, 1.807) is 48.5 Å². The number of alkyl halides is 1. The first-order valence-corrected chi connectivity index (χ1v) is 7.96. The second kappa shape index (κ2) is 9.05. The molecule has 7 heteroatoms. The zero-order valence-electron chi connectivity index (χ0n) is 12.2. The van der Waals surface area contributed by atoms with Crippen LogP contribution in [0.25, 0.3) is 0 Å². The van der Waals surface area contributed by atoms with Crippen LogP contribution in [0.5, 0.6) is 0 Å². The maximum absolute atomic E-state index is 12.5. The molecule has 0 aliphatic heterocycles. The molecule has 2 rings (SSSR count). The predicted molar refractivity (Wildman–Crippen MR) is 95.7 cm³/mol. The van der Waals surface area contributed by atoms with E-state index in [0.717, 1.165) is 5.56 Å². The smallest absolute Gasteiger partial charge is 0.281 e. The number of halogens is 1. The highest BCUT2D eigenvalue weighted by Gasteiger charge is 2.24. The molecule has 0 heterocycles. The van der Waals surface area contributed by atoms with Gasteiger partial charge in [0.1, 0.15) is 5.56 Å². The van der Waals surface area contributed by atoms with Gasteiger partial charge in [-0.2, -0.15) is 0 Å². The van der Waals surface area contributed by atoms with Gasteiger partial charge in [-0.1, -0.05) is 52.3 Å². The van der Waals surface area contributed by atoms with Crippen molar-refractivity contribution in [2.75, 3.05) is 0 Å². The number of thiocarbonyl (C=S) groups is 1. The molecule has 118 valence electrons. The van der Waals surface area contributed by atoms with E-state index in [2.05, 4.69) is 28.1 Å². The second-order valence-electron chi connectivity index (χ2n) is 4.49. The highest BCUT2D eigenvalue weighted by Crippen LogP contribution is 2.27. The fourth-order valence-electron chi connectivity index (χ4n) is 2.09. The first-order chi connectivity index (χ1) is 11.0. The molecule has 0 saturated heterocycles. The summed E-state index contributed by atoms with van der Waals surface area (Å²) < 4.78 is 0. The summed E-state index contributed by atoms with van der Waals surface area (Å²) in [5, 5.41) is 19.1. The summed E-state index contributed by atoms with van der Waals surface area (Å²) in [4.78, 5) is 23.2. The van der Waals surface area contributed by atoms with Crippen LogP contribution >= 0.6 is 28.1 Å². The molecule has 0 aliphatic carbocycles. The number of carbonyl (C=O) groups is 1. The number of rotatable bonds is 4. The Hall–Kier alpha value is -2.21. The number of isothiocyanates is 1. The monoisotopic (exact) mass is 392 g/mol. The molecule has 23 heavy (non-hydrogen) atoms. The average Bonchev–Trinajstić information content (AvgIpc) is 2.55. The highest BCUT2D eigenvalue weighted by molar-refractivity contribution is 9.08. The van der Waals surface area contributed by atoms with Crippen LogP contribution in [0.1, 0.15) is 27.0 Å². The number of hydrogen-bond donors (Lipinski definition) is 1. The molecule has 0 bridgehead atoms. The molecule has 0 fully saturated rings. The summed E-state index contributed by atoms with van der Waals surface area (Å²) in [5.74, 6) is -0.323. The molecule has 0 saturated carbocycles. The van der Waals surface area contributed by atoms with E-state index >= 15 is 0 Å². The quantitative estimate of drug-likeness (QED) is 0.204. The fourth-order valence-corrected chi connectivity index (χ4v) is 2.42. The molecule has 0 aliphatic rings. The maximum Gasteiger partial charge on any atom is 0.281 e. The van der Waals surface area contributed by atoms with E-state index in [9.17, 15) is 14.9 Å². The Morgan fingerprint density at radius 2 is 1.91 bits per heavy atom. The summed E-state index contributed by atoms with van der Waals surface area (Å²) in [6.45, 7) is 1.72. The van der Waals surface area contributed by atoms with E-state index < -0.39 is 4.92 Å². The van der Waals surface area contributed by atoms with Crippen molar-refractivity contribution >= 4 is 44.8 Å². The van der Waals surface area contributed by atoms with Gasteiger partial charge in [0.05, 0.1) is 10.1 Å². The Balaban J connectivity index is 0.000000816. The molecule has 1 N–H and O–H groups in total. The van der Waals surface area contributed by atoms with Crippen molar-refractivity contribution in [3.05, 3.63) is 74.8 Å². The zero-order chi connectivity index (χ0) is 17.4. The van der Waals surface area contributed by atoms with Crippen molar-refractivity contribution < 1.29 is 9.72 Å². The largest absolute Gasteiger partial charge is 0.288 e. The third-order valence-corrected chi connectivity index (χ3v) is 3.64. The van der Waals surface area contributed by atoms with E-state index in [0.29, 0.717) is 16.5 Å². The van der Waals surface area contributed by atoms with Crippen molar-refractivity contribution in [2.45, 2.75) is 12.3 Å². The van der Waals surface area contributed by atoms with E-state index in [1.807, 2.05) is 0 Å². The molecule has 0 spiro atoms. The Kier molecular flexibility index (Phi) is 7.41. The van der Waals surface area contributed by atoms with Crippen LogP contribution in [-0.4, -0.2) is 15.9 Å². The molecule has 5 nitrogen and oxygen atoms in total. The number of carbonyl (C=O) groups excluding carboxylic acids is 1. The topological polar surface area (TPSA) is 84.1 Å². The van der Waals surface area contributed by atoms with Crippen molar-refractivity contribution in [1.29, 1.82) is 5.41 Å². The number of aryl methyl sites for hydroxylation is 1. The van der Waals surface area contributed by atoms with Gasteiger partial charge in [-0.15, -0.1) is 0 Å². The fraction of sp³-hybridized carbons (Fsp3) is 0.125. The minimum absolute atomic E-state index is 0.145. The summed E-state index contributed by atoms with van der Waals surface area (Å²) in [6.07, 6.45) is 0. The second-order valence-corrected chi connectivity index (χ2v) is 5.26. The van der Waals surface area contributed by atoms with E-state index in [-0.39, 0.29) is 17.0 Å². The van der Waals surface area contributed by atoms with Gasteiger partial charge in [0.2, 0.25) is 0 Å². The van der Waals surface area contributed by atoms with Gasteiger partial charge in [-0.05, 0) is 30.3 Å². The van der Waals surface area contributed by atoms with Crippen molar-refractivity contribution in [2.24, 2.45) is 0 Å². The molecule has 2 aromatic carbocycles. The Bertz CT molecular complexity index is 757. The normalized spacial score (nSPS) is 9.30. The van der Waals surface area contributed by atoms with Crippen LogP contribution in [0.3, 0.4) is 0 Å². The third kappa shape index (κ3) is 4.89. The third-order valence-electron chi connectivity index (χ3n) is 2.99. The molecule has 0 unspecified atom stereocenters. The number of nitrogens with zero attached hydrogens (tertiary/aromatic N) is 1. The van der Waals surface area contributed by atoms with Crippen LogP contribution < -0.4 is 0 Å². The van der Waals surface area contributed by atoms with E-state index in [4.69, 9.17) is 5.41 Å². The standard InChI is InChI=1S/C15H12BrNO3.CHNS/c1-10-7-11(9-16)8-13(17(19)20)14(10)15(18)12-5-3-2-4-6-12;2-1-3/h2-8H,9H2,1H3;2H. The number of nitrogens with one attached hydrogen (secondary N) is 1.